The average molecular weight is 411 g/mol. The minimum atomic E-state index is -3.61. The van der Waals surface area contributed by atoms with Crippen LogP contribution in [0.1, 0.15) is 6.42 Å². The third-order valence-corrected chi connectivity index (χ3v) is 6.53. The second-order valence-electron chi connectivity index (χ2n) is 6.37. The zero-order valence-corrected chi connectivity index (χ0v) is 16.2. The Morgan fingerprint density at radius 3 is 2.33 bits per heavy atom. The summed E-state index contributed by atoms with van der Waals surface area (Å²) in [4.78, 5) is 16.2. The first-order chi connectivity index (χ1) is 12.8. The predicted molar refractivity (Wildman–Crippen MR) is 103 cm³/mol. The van der Waals surface area contributed by atoms with Crippen molar-refractivity contribution in [1.82, 2.24) is 4.90 Å². The first-order valence-corrected chi connectivity index (χ1v) is 10.6. The van der Waals surface area contributed by atoms with Crippen molar-refractivity contribution in [3.63, 3.8) is 0 Å². The van der Waals surface area contributed by atoms with Crippen LogP contribution in [0.15, 0.2) is 53.4 Å². The zero-order chi connectivity index (χ0) is 19.4. The molecule has 3 rings (SSSR count). The minimum absolute atomic E-state index is 0.0301. The molecule has 8 heteroatoms. The standard InChI is InChI=1S/C19H20ClFN2O3S/c20-15-2-1-3-17(14-15)22-9-11-23(12-10-22)19(24)8-13-27(25,26)18-6-4-16(21)5-7-18/h1-7,14H,8-13H2. The minimum Gasteiger partial charge on any atom is -0.368 e. The molecule has 1 saturated heterocycles. The second-order valence-corrected chi connectivity index (χ2v) is 8.92. The molecule has 1 amide bonds. The van der Waals surface area contributed by atoms with E-state index in [4.69, 9.17) is 11.6 Å². The largest absolute Gasteiger partial charge is 0.368 e. The summed E-state index contributed by atoms with van der Waals surface area (Å²) < 4.78 is 37.5. The van der Waals surface area contributed by atoms with Crippen LogP contribution < -0.4 is 4.90 Å². The van der Waals surface area contributed by atoms with Gasteiger partial charge in [-0.1, -0.05) is 17.7 Å². The van der Waals surface area contributed by atoms with Gasteiger partial charge in [-0.2, -0.15) is 0 Å². The van der Waals surface area contributed by atoms with E-state index in [9.17, 15) is 17.6 Å². The summed E-state index contributed by atoms with van der Waals surface area (Å²) in [5.74, 6) is -0.972. The monoisotopic (exact) mass is 410 g/mol. The van der Waals surface area contributed by atoms with Crippen molar-refractivity contribution < 1.29 is 17.6 Å². The van der Waals surface area contributed by atoms with Crippen LogP contribution in [0, 0.1) is 5.82 Å². The van der Waals surface area contributed by atoms with Gasteiger partial charge in [0.05, 0.1) is 10.6 Å². The Labute approximate surface area is 163 Å². The van der Waals surface area contributed by atoms with Gasteiger partial charge >= 0.3 is 0 Å². The highest BCUT2D eigenvalue weighted by Gasteiger charge is 2.23. The fourth-order valence-electron chi connectivity index (χ4n) is 3.03. The van der Waals surface area contributed by atoms with Gasteiger partial charge in [-0.25, -0.2) is 12.8 Å². The van der Waals surface area contributed by atoms with Gasteiger partial charge in [-0.3, -0.25) is 4.79 Å². The lowest BCUT2D eigenvalue weighted by molar-refractivity contribution is -0.131. The molecule has 0 unspecified atom stereocenters. The number of piperazine rings is 1. The van der Waals surface area contributed by atoms with Crippen LogP contribution in [0.3, 0.4) is 0 Å². The molecule has 1 heterocycles. The maximum absolute atomic E-state index is 12.9. The van der Waals surface area contributed by atoms with Gasteiger partial charge in [0.25, 0.3) is 0 Å². The quantitative estimate of drug-likeness (QED) is 0.711. The van der Waals surface area contributed by atoms with Crippen molar-refractivity contribution in [3.05, 3.63) is 59.4 Å². The molecule has 0 bridgehead atoms. The van der Waals surface area contributed by atoms with E-state index in [1.165, 1.54) is 12.1 Å². The molecule has 1 fully saturated rings. The van der Waals surface area contributed by atoms with Crippen LogP contribution in [-0.2, 0) is 14.6 Å². The highest BCUT2D eigenvalue weighted by Crippen LogP contribution is 2.21. The van der Waals surface area contributed by atoms with Gasteiger partial charge in [0.15, 0.2) is 9.84 Å². The molecule has 0 radical (unpaired) electrons. The smallest absolute Gasteiger partial charge is 0.223 e. The first-order valence-electron chi connectivity index (χ1n) is 8.62. The Morgan fingerprint density at radius 1 is 1.04 bits per heavy atom. The molecule has 0 aliphatic carbocycles. The van der Waals surface area contributed by atoms with E-state index in [1.807, 2.05) is 24.3 Å². The molecule has 0 atom stereocenters. The third-order valence-electron chi connectivity index (χ3n) is 4.56. The Morgan fingerprint density at radius 2 is 1.70 bits per heavy atom. The number of rotatable bonds is 5. The van der Waals surface area contributed by atoms with Gasteiger partial charge in [-0.05, 0) is 42.5 Å². The number of carbonyl (C=O) groups excluding carboxylic acids is 1. The summed E-state index contributed by atoms with van der Waals surface area (Å²) in [5, 5.41) is 0.664. The van der Waals surface area contributed by atoms with Gasteiger partial charge in [0, 0.05) is 43.3 Å². The molecule has 2 aromatic rings. The van der Waals surface area contributed by atoms with Gasteiger partial charge in [0.1, 0.15) is 5.82 Å². The number of amides is 1. The maximum Gasteiger partial charge on any atom is 0.223 e. The highest BCUT2D eigenvalue weighted by atomic mass is 35.5. The average Bonchev–Trinajstić information content (AvgIpc) is 2.67. The number of carbonyl (C=O) groups is 1. The SMILES string of the molecule is O=C(CCS(=O)(=O)c1ccc(F)cc1)N1CCN(c2cccc(Cl)c2)CC1. The number of sulfone groups is 1. The van der Waals surface area contributed by atoms with Crippen LogP contribution in [0.5, 0.6) is 0 Å². The van der Waals surface area contributed by atoms with E-state index in [2.05, 4.69) is 4.90 Å². The molecule has 5 nitrogen and oxygen atoms in total. The number of hydrogen-bond donors (Lipinski definition) is 0. The predicted octanol–water partition coefficient (Wildman–Crippen LogP) is 2.99. The third kappa shape index (κ3) is 4.99. The van der Waals surface area contributed by atoms with Crippen LogP contribution in [0.2, 0.25) is 5.02 Å². The molecule has 1 aliphatic heterocycles. The summed E-state index contributed by atoms with van der Waals surface area (Å²) >= 11 is 6.02. The molecular weight excluding hydrogens is 391 g/mol. The Bertz CT molecular complexity index is 911. The van der Waals surface area contributed by atoms with Crippen molar-refractivity contribution in [2.24, 2.45) is 0 Å². The number of benzene rings is 2. The van der Waals surface area contributed by atoms with Gasteiger partial charge < -0.3 is 9.80 Å². The molecule has 144 valence electrons. The molecule has 0 saturated carbocycles. The summed E-state index contributed by atoms with van der Waals surface area (Å²) in [6.07, 6.45) is -0.0864. The van der Waals surface area contributed by atoms with Crippen molar-refractivity contribution in [1.29, 1.82) is 0 Å². The number of halogens is 2. The Kier molecular flexibility index (Phi) is 6.01. The number of hydrogen-bond acceptors (Lipinski definition) is 4. The summed E-state index contributed by atoms with van der Waals surface area (Å²) in [6.45, 7) is 2.39. The molecule has 0 N–H and O–H groups in total. The number of anilines is 1. The fraction of sp³-hybridized carbons (Fsp3) is 0.316. The topological polar surface area (TPSA) is 57.7 Å². The molecule has 2 aromatic carbocycles. The molecule has 1 aliphatic rings. The van der Waals surface area contributed by atoms with Crippen LogP contribution in [0.25, 0.3) is 0 Å². The van der Waals surface area contributed by atoms with E-state index >= 15 is 0 Å². The molecule has 0 aromatic heterocycles. The van der Waals surface area contributed by atoms with E-state index in [0.717, 1.165) is 17.8 Å². The summed E-state index contributed by atoms with van der Waals surface area (Å²) in [5.41, 5.74) is 1.01. The Hall–Kier alpha value is -2.12. The summed E-state index contributed by atoms with van der Waals surface area (Å²) in [7, 11) is -3.61. The number of nitrogens with zero attached hydrogens (tertiary/aromatic N) is 2. The lowest BCUT2D eigenvalue weighted by Gasteiger charge is -2.36. The lowest BCUT2D eigenvalue weighted by atomic mass is 10.2. The van der Waals surface area contributed by atoms with Crippen LogP contribution in [0.4, 0.5) is 10.1 Å². The van der Waals surface area contributed by atoms with E-state index in [1.54, 1.807) is 4.90 Å². The van der Waals surface area contributed by atoms with E-state index in [0.29, 0.717) is 31.2 Å². The lowest BCUT2D eigenvalue weighted by Crippen LogP contribution is -2.49. The molecule has 27 heavy (non-hydrogen) atoms. The maximum atomic E-state index is 12.9. The summed E-state index contributed by atoms with van der Waals surface area (Å²) in [6, 6.07) is 12.2. The van der Waals surface area contributed by atoms with Crippen molar-refractivity contribution in [2.75, 3.05) is 36.8 Å². The van der Waals surface area contributed by atoms with Gasteiger partial charge in [0.2, 0.25) is 5.91 Å². The van der Waals surface area contributed by atoms with Crippen molar-refractivity contribution >= 4 is 33.0 Å². The van der Waals surface area contributed by atoms with E-state index in [-0.39, 0.29) is 23.0 Å². The second kappa shape index (κ2) is 8.27. The molecule has 0 spiro atoms. The van der Waals surface area contributed by atoms with Crippen molar-refractivity contribution in [3.8, 4) is 0 Å². The zero-order valence-electron chi connectivity index (χ0n) is 14.6. The van der Waals surface area contributed by atoms with Crippen molar-refractivity contribution in [2.45, 2.75) is 11.3 Å². The van der Waals surface area contributed by atoms with Crippen LogP contribution in [-0.4, -0.2) is 51.2 Å². The normalized spacial score (nSPS) is 15.0. The fourth-order valence-corrected chi connectivity index (χ4v) is 4.44. The highest BCUT2D eigenvalue weighted by molar-refractivity contribution is 7.91. The first kappa shape index (κ1) is 19.6. The van der Waals surface area contributed by atoms with Crippen LogP contribution >= 0.6 is 11.6 Å². The van der Waals surface area contributed by atoms with Gasteiger partial charge in [-0.15, -0.1) is 0 Å². The van der Waals surface area contributed by atoms with E-state index < -0.39 is 15.7 Å². The molecular formula is C19H20ClFN2O3S. The Balaban J connectivity index is 1.53.